The highest BCUT2D eigenvalue weighted by Crippen LogP contribution is 2.33. The summed E-state index contributed by atoms with van der Waals surface area (Å²) in [6.45, 7) is 6.35. The maximum atomic E-state index is 14.3. The minimum absolute atomic E-state index is 0.0160. The average Bonchev–Trinajstić information content (AvgIpc) is 2.79. The van der Waals surface area contributed by atoms with Crippen LogP contribution in [-0.4, -0.2) is 13.7 Å². The van der Waals surface area contributed by atoms with E-state index in [2.05, 4.69) is 6.92 Å². The lowest BCUT2D eigenvalue weighted by Gasteiger charge is -2.29. The van der Waals surface area contributed by atoms with Crippen LogP contribution in [0.5, 0.6) is 0 Å². The van der Waals surface area contributed by atoms with Crippen molar-refractivity contribution in [1.82, 2.24) is 0 Å². The van der Waals surface area contributed by atoms with E-state index in [4.69, 9.17) is 14.2 Å². The zero-order valence-corrected chi connectivity index (χ0v) is 18.8. The fourth-order valence-corrected chi connectivity index (χ4v) is 3.67. The number of benzene rings is 1. The van der Waals surface area contributed by atoms with Crippen LogP contribution in [0.15, 0.2) is 47.4 Å². The van der Waals surface area contributed by atoms with Crippen LogP contribution in [0.3, 0.4) is 0 Å². The molecule has 1 heterocycles. The molecule has 1 aromatic carbocycles. The van der Waals surface area contributed by atoms with Crippen LogP contribution in [0.1, 0.15) is 82.9 Å². The Morgan fingerprint density at radius 1 is 1.07 bits per heavy atom. The number of unbranched alkanes of at least 4 members (excludes halogenated alkanes) is 2. The summed E-state index contributed by atoms with van der Waals surface area (Å²) < 4.78 is 44.6. The number of halogens is 2. The maximum absolute atomic E-state index is 14.3. The van der Waals surface area contributed by atoms with E-state index in [0.29, 0.717) is 5.92 Å². The maximum Gasteiger partial charge on any atom is 0.199 e. The molecule has 1 aliphatic rings. The highest BCUT2D eigenvalue weighted by atomic mass is 19.2. The van der Waals surface area contributed by atoms with E-state index in [-0.39, 0.29) is 30.6 Å². The SMILES string of the molecule is CCCCCC1CCC(c2ccc(CO/C(CC)=C(F)/C(F)=C(\C)OC)cc2)OC1. The first-order chi connectivity index (χ1) is 14.5. The topological polar surface area (TPSA) is 27.7 Å². The van der Waals surface area contributed by atoms with E-state index < -0.39 is 11.7 Å². The standard InChI is InChI=1S/C25H36F2O3/c1-5-7-8-9-19-12-15-23(30-16-19)21-13-10-20(11-14-21)17-29-22(6-2)25(27)24(26)18(3)28-4/h10-11,13-14,19,23H,5-9,12,15-17H2,1-4H3/b24-18-,25-22-. The van der Waals surface area contributed by atoms with Crippen LogP contribution in [0, 0.1) is 5.92 Å². The van der Waals surface area contributed by atoms with Gasteiger partial charge >= 0.3 is 0 Å². The highest BCUT2D eigenvalue weighted by Gasteiger charge is 2.22. The van der Waals surface area contributed by atoms with Crippen molar-refractivity contribution >= 4 is 0 Å². The molecule has 0 aliphatic carbocycles. The Labute approximate surface area is 180 Å². The number of allylic oxidation sites excluding steroid dienone is 4. The fraction of sp³-hybridized carbons (Fsp3) is 0.600. The summed E-state index contributed by atoms with van der Waals surface area (Å²) >= 11 is 0. The molecule has 3 nitrogen and oxygen atoms in total. The lowest BCUT2D eigenvalue weighted by molar-refractivity contribution is -0.0199. The molecule has 2 rings (SSSR count). The molecule has 1 saturated heterocycles. The van der Waals surface area contributed by atoms with Crippen molar-refractivity contribution < 1.29 is 23.0 Å². The normalized spacial score (nSPS) is 21.0. The molecule has 1 fully saturated rings. The van der Waals surface area contributed by atoms with E-state index >= 15 is 0 Å². The van der Waals surface area contributed by atoms with Crippen LogP contribution in [0.4, 0.5) is 8.78 Å². The van der Waals surface area contributed by atoms with Gasteiger partial charge in [0.2, 0.25) is 0 Å². The van der Waals surface area contributed by atoms with Gasteiger partial charge in [0.15, 0.2) is 11.7 Å². The highest BCUT2D eigenvalue weighted by molar-refractivity contribution is 5.26. The second-order valence-corrected chi connectivity index (χ2v) is 7.96. The van der Waals surface area contributed by atoms with Crippen LogP contribution >= 0.6 is 0 Å². The van der Waals surface area contributed by atoms with Crippen molar-refractivity contribution in [1.29, 1.82) is 0 Å². The minimum Gasteiger partial charge on any atom is -0.498 e. The Morgan fingerprint density at radius 2 is 1.80 bits per heavy atom. The van der Waals surface area contributed by atoms with Gasteiger partial charge in [-0.15, -0.1) is 0 Å². The molecule has 30 heavy (non-hydrogen) atoms. The lowest BCUT2D eigenvalue weighted by atomic mass is 9.91. The third-order valence-electron chi connectivity index (χ3n) is 5.72. The van der Waals surface area contributed by atoms with Gasteiger partial charge < -0.3 is 14.2 Å². The quantitative estimate of drug-likeness (QED) is 0.208. The van der Waals surface area contributed by atoms with E-state index in [1.165, 1.54) is 46.1 Å². The molecule has 2 unspecified atom stereocenters. The predicted octanol–water partition coefficient (Wildman–Crippen LogP) is 7.69. The van der Waals surface area contributed by atoms with Gasteiger partial charge in [-0.25, -0.2) is 0 Å². The van der Waals surface area contributed by atoms with Crippen molar-refractivity contribution in [3.63, 3.8) is 0 Å². The molecule has 1 aromatic rings. The van der Waals surface area contributed by atoms with Gasteiger partial charge in [-0.3, -0.25) is 0 Å². The van der Waals surface area contributed by atoms with Gasteiger partial charge in [0.25, 0.3) is 0 Å². The molecule has 0 spiro atoms. The molecule has 0 N–H and O–H groups in total. The zero-order valence-electron chi connectivity index (χ0n) is 18.8. The Hall–Kier alpha value is -1.88. The van der Waals surface area contributed by atoms with Gasteiger partial charge in [-0.1, -0.05) is 57.4 Å². The van der Waals surface area contributed by atoms with Gasteiger partial charge in [0.1, 0.15) is 18.1 Å². The van der Waals surface area contributed by atoms with Crippen molar-refractivity contribution in [2.75, 3.05) is 13.7 Å². The van der Waals surface area contributed by atoms with Gasteiger partial charge in [-0.2, -0.15) is 8.78 Å². The smallest absolute Gasteiger partial charge is 0.199 e. The fourth-order valence-electron chi connectivity index (χ4n) is 3.67. The molecule has 168 valence electrons. The summed E-state index contributed by atoms with van der Waals surface area (Å²) in [4.78, 5) is 0. The van der Waals surface area contributed by atoms with Gasteiger partial charge in [0.05, 0.1) is 19.8 Å². The summed E-state index contributed by atoms with van der Waals surface area (Å²) in [7, 11) is 1.30. The van der Waals surface area contributed by atoms with E-state index in [1.807, 2.05) is 24.3 Å². The van der Waals surface area contributed by atoms with Crippen LogP contribution in [0.2, 0.25) is 0 Å². The Balaban J connectivity index is 1.89. The number of ether oxygens (including phenoxy) is 3. The summed E-state index contributed by atoms with van der Waals surface area (Å²) in [6, 6.07) is 8.01. The van der Waals surface area contributed by atoms with E-state index in [1.54, 1.807) is 6.92 Å². The number of rotatable bonds is 11. The predicted molar refractivity (Wildman–Crippen MR) is 116 cm³/mol. The van der Waals surface area contributed by atoms with Gasteiger partial charge in [-0.05, 0) is 43.2 Å². The second-order valence-electron chi connectivity index (χ2n) is 7.96. The number of hydrogen-bond donors (Lipinski definition) is 0. The zero-order chi connectivity index (χ0) is 21.9. The van der Waals surface area contributed by atoms with Crippen molar-refractivity contribution in [2.24, 2.45) is 5.92 Å². The summed E-state index contributed by atoms with van der Waals surface area (Å²) in [5.74, 6) is -1.46. The molecule has 2 atom stereocenters. The molecular formula is C25H36F2O3. The summed E-state index contributed by atoms with van der Waals surface area (Å²) in [5.41, 5.74) is 2.06. The Bertz CT molecular complexity index is 702. The Morgan fingerprint density at radius 3 is 2.37 bits per heavy atom. The first kappa shape index (κ1) is 24.4. The number of methoxy groups -OCH3 is 1. The van der Waals surface area contributed by atoms with Crippen LogP contribution < -0.4 is 0 Å². The van der Waals surface area contributed by atoms with Gasteiger partial charge in [0, 0.05) is 6.42 Å². The van der Waals surface area contributed by atoms with Crippen LogP contribution in [0.25, 0.3) is 0 Å². The Kier molecular flexibility index (Phi) is 10.4. The molecule has 0 bridgehead atoms. The van der Waals surface area contributed by atoms with Crippen molar-refractivity contribution in [3.05, 3.63) is 58.6 Å². The molecule has 1 aliphatic heterocycles. The lowest BCUT2D eigenvalue weighted by Crippen LogP contribution is -2.20. The molecular weight excluding hydrogens is 386 g/mol. The average molecular weight is 423 g/mol. The first-order valence-electron chi connectivity index (χ1n) is 11.1. The molecule has 0 saturated carbocycles. The molecule has 5 heteroatoms. The molecule has 0 aromatic heterocycles. The third-order valence-corrected chi connectivity index (χ3v) is 5.72. The summed E-state index contributed by atoms with van der Waals surface area (Å²) in [6.07, 6.45) is 7.77. The van der Waals surface area contributed by atoms with E-state index in [9.17, 15) is 8.78 Å². The monoisotopic (exact) mass is 422 g/mol. The number of hydrogen-bond acceptors (Lipinski definition) is 3. The second kappa shape index (κ2) is 12.7. The van der Waals surface area contributed by atoms with Crippen molar-refractivity contribution in [3.8, 4) is 0 Å². The van der Waals surface area contributed by atoms with Crippen LogP contribution in [-0.2, 0) is 20.8 Å². The third kappa shape index (κ3) is 7.12. The van der Waals surface area contributed by atoms with E-state index in [0.717, 1.165) is 24.2 Å². The largest absolute Gasteiger partial charge is 0.498 e. The minimum atomic E-state index is -1.02. The molecule has 0 amide bonds. The molecule has 0 radical (unpaired) electrons. The van der Waals surface area contributed by atoms with Crippen molar-refractivity contribution in [2.45, 2.75) is 78.4 Å². The first-order valence-corrected chi connectivity index (χ1v) is 11.1. The summed E-state index contributed by atoms with van der Waals surface area (Å²) in [5, 5.41) is 0.